The zero-order valence-electron chi connectivity index (χ0n) is 9.28. The summed E-state index contributed by atoms with van der Waals surface area (Å²) in [5.41, 5.74) is 0. The average molecular weight is 327 g/mol. The monoisotopic (exact) mass is 325 g/mol. The molecule has 2 rings (SSSR count). The summed E-state index contributed by atoms with van der Waals surface area (Å²) in [5.74, 6) is 0. The molecule has 1 unspecified atom stereocenters. The van der Waals surface area contributed by atoms with Crippen molar-refractivity contribution in [3.05, 3.63) is 15.0 Å². The number of likely N-dealkylation sites (tertiary alicyclic amines) is 1. The average Bonchev–Trinajstić information content (AvgIpc) is 2.64. The van der Waals surface area contributed by atoms with Crippen molar-refractivity contribution in [3.63, 3.8) is 0 Å². The maximum absolute atomic E-state index is 4.37. The van der Waals surface area contributed by atoms with Crippen molar-refractivity contribution in [3.8, 4) is 0 Å². The first-order valence-corrected chi connectivity index (χ1v) is 6.88. The highest BCUT2D eigenvalue weighted by Crippen LogP contribution is 2.21. The molecule has 1 saturated heterocycles. The molecule has 1 aromatic rings. The third-order valence-corrected chi connectivity index (χ3v) is 4.26. The lowest BCUT2D eigenvalue weighted by Crippen LogP contribution is -2.43. The molecule has 0 spiro atoms. The summed E-state index contributed by atoms with van der Waals surface area (Å²) in [7, 11) is 2.05. The molecule has 0 saturated carbocycles. The maximum atomic E-state index is 4.37. The van der Waals surface area contributed by atoms with Crippen molar-refractivity contribution in [2.24, 2.45) is 0 Å². The first kappa shape index (κ1) is 14.4. The molecular weight excluding hydrogens is 310 g/mol. The molecule has 92 valence electrons. The Hall–Kier alpha value is 0.320. The molecule has 1 N–H and O–H groups in total. The summed E-state index contributed by atoms with van der Waals surface area (Å²) in [6, 6.07) is 0.655. The normalized spacial score (nSPS) is 21.8. The van der Waals surface area contributed by atoms with Crippen molar-refractivity contribution < 1.29 is 0 Å². The summed E-state index contributed by atoms with van der Waals surface area (Å²) < 4.78 is 1.12. The Bertz CT molecular complexity index is 321. The van der Waals surface area contributed by atoms with E-state index < -0.39 is 0 Å². The van der Waals surface area contributed by atoms with E-state index >= 15 is 0 Å². The Morgan fingerprint density at radius 2 is 2.50 bits per heavy atom. The predicted octanol–water partition coefficient (Wildman–Crippen LogP) is 2.51. The van der Waals surface area contributed by atoms with E-state index in [1.54, 1.807) is 11.3 Å². The van der Waals surface area contributed by atoms with E-state index in [9.17, 15) is 0 Å². The molecule has 16 heavy (non-hydrogen) atoms. The van der Waals surface area contributed by atoms with Crippen molar-refractivity contribution in [2.45, 2.75) is 25.4 Å². The number of hydrogen-bond acceptors (Lipinski definition) is 4. The molecule has 1 aliphatic rings. The smallest absolute Gasteiger partial charge is 0.108 e. The van der Waals surface area contributed by atoms with Crippen LogP contribution in [0.5, 0.6) is 0 Å². The molecule has 0 aliphatic carbocycles. The summed E-state index contributed by atoms with van der Waals surface area (Å²) in [5, 5.41) is 4.56. The van der Waals surface area contributed by atoms with E-state index in [1.165, 1.54) is 24.4 Å². The van der Waals surface area contributed by atoms with Crippen LogP contribution in [0.1, 0.15) is 17.8 Å². The fourth-order valence-corrected chi connectivity index (χ4v) is 3.33. The van der Waals surface area contributed by atoms with Gasteiger partial charge in [-0.15, -0.1) is 23.7 Å². The second-order valence-electron chi connectivity index (χ2n) is 3.92. The minimum atomic E-state index is 0. The molecule has 0 amide bonds. The van der Waals surface area contributed by atoms with Gasteiger partial charge in [0.25, 0.3) is 0 Å². The van der Waals surface area contributed by atoms with Crippen molar-refractivity contribution in [1.29, 1.82) is 0 Å². The number of aromatic nitrogens is 1. The lowest BCUT2D eigenvalue weighted by atomic mass is 10.1. The third kappa shape index (κ3) is 3.96. The number of nitrogens with one attached hydrogen (secondary N) is 1. The lowest BCUT2D eigenvalue weighted by molar-refractivity contribution is 0.188. The molecule has 6 heteroatoms. The van der Waals surface area contributed by atoms with E-state index in [0.29, 0.717) is 6.04 Å². The van der Waals surface area contributed by atoms with Gasteiger partial charge in [0.2, 0.25) is 0 Å². The fourth-order valence-electron chi connectivity index (χ4n) is 1.99. The molecule has 1 fully saturated rings. The number of nitrogens with zero attached hydrogens (tertiary/aromatic N) is 2. The van der Waals surface area contributed by atoms with E-state index in [1.807, 2.05) is 13.2 Å². The van der Waals surface area contributed by atoms with E-state index in [0.717, 1.165) is 16.9 Å². The number of thiazole rings is 1. The number of likely N-dealkylation sites (N-methyl/N-ethyl adjacent to an activating group) is 1. The third-order valence-electron chi connectivity index (χ3n) is 2.80. The SMILES string of the molecule is CNC1CCCN(Cc2ncc(Br)s2)C1.Cl. The first-order valence-electron chi connectivity index (χ1n) is 5.28. The quantitative estimate of drug-likeness (QED) is 0.925. The Kier molecular flexibility index (Phi) is 6.21. The number of hydrogen-bond donors (Lipinski definition) is 1. The van der Waals surface area contributed by atoms with Crippen LogP contribution in [-0.2, 0) is 6.54 Å². The van der Waals surface area contributed by atoms with Gasteiger partial charge in [-0.25, -0.2) is 4.98 Å². The van der Waals surface area contributed by atoms with Gasteiger partial charge >= 0.3 is 0 Å². The van der Waals surface area contributed by atoms with Crippen LogP contribution in [-0.4, -0.2) is 36.1 Å². The minimum Gasteiger partial charge on any atom is -0.316 e. The maximum Gasteiger partial charge on any atom is 0.108 e. The van der Waals surface area contributed by atoms with Gasteiger partial charge in [0.05, 0.1) is 16.5 Å². The van der Waals surface area contributed by atoms with Crippen LogP contribution in [0.3, 0.4) is 0 Å². The largest absolute Gasteiger partial charge is 0.316 e. The van der Waals surface area contributed by atoms with E-state index in [2.05, 4.69) is 31.1 Å². The van der Waals surface area contributed by atoms with Crippen LogP contribution >= 0.6 is 39.7 Å². The van der Waals surface area contributed by atoms with Gasteiger partial charge in [0, 0.05) is 12.6 Å². The van der Waals surface area contributed by atoms with E-state index in [4.69, 9.17) is 0 Å². The zero-order valence-corrected chi connectivity index (χ0v) is 12.5. The van der Waals surface area contributed by atoms with Crippen LogP contribution in [0.2, 0.25) is 0 Å². The van der Waals surface area contributed by atoms with Crippen molar-refractivity contribution >= 4 is 39.7 Å². The molecule has 1 atom stereocenters. The van der Waals surface area contributed by atoms with E-state index in [-0.39, 0.29) is 12.4 Å². The Morgan fingerprint density at radius 1 is 1.69 bits per heavy atom. The summed E-state index contributed by atoms with van der Waals surface area (Å²) >= 11 is 5.18. The Labute approximate surface area is 115 Å². The molecule has 3 nitrogen and oxygen atoms in total. The number of halogens is 2. The zero-order chi connectivity index (χ0) is 10.7. The van der Waals surface area contributed by atoms with Gasteiger partial charge in [0.15, 0.2) is 0 Å². The standard InChI is InChI=1S/C10H16BrN3S.ClH/c1-12-8-3-2-4-14(6-8)7-10-13-5-9(11)15-10;/h5,8,12H,2-4,6-7H2,1H3;1H. The highest BCUT2D eigenvalue weighted by molar-refractivity contribution is 9.11. The molecule has 1 aliphatic heterocycles. The molecule has 0 radical (unpaired) electrons. The summed E-state index contributed by atoms with van der Waals surface area (Å²) in [6.45, 7) is 3.34. The Balaban J connectivity index is 0.00000128. The highest BCUT2D eigenvalue weighted by Gasteiger charge is 2.19. The predicted molar refractivity (Wildman–Crippen MR) is 74.4 cm³/mol. The Morgan fingerprint density at radius 3 is 3.12 bits per heavy atom. The first-order chi connectivity index (χ1) is 7.28. The van der Waals surface area contributed by atoms with Gasteiger partial charge in [-0.05, 0) is 42.4 Å². The topological polar surface area (TPSA) is 28.2 Å². The number of rotatable bonds is 3. The van der Waals surface area contributed by atoms with Gasteiger partial charge in [-0.1, -0.05) is 0 Å². The van der Waals surface area contributed by atoms with Crippen LogP contribution in [0.4, 0.5) is 0 Å². The van der Waals surface area contributed by atoms with Crippen LogP contribution in [0, 0.1) is 0 Å². The van der Waals surface area contributed by atoms with Crippen molar-refractivity contribution in [2.75, 3.05) is 20.1 Å². The highest BCUT2D eigenvalue weighted by atomic mass is 79.9. The number of piperidine rings is 1. The molecule has 0 bridgehead atoms. The molecular formula is C10H17BrClN3S. The molecule has 1 aromatic heterocycles. The van der Waals surface area contributed by atoms with Crippen LogP contribution < -0.4 is 5.32 Å². The lowest BCUT2D eigenvalue weighted by Gasteiger charge is -2.31. The second-order valence-corrected chi connectivity index (χ2v) is 6.42. The molecule has 0 aromatic carbocycles. The van der Waals surface area contributed by atoms with Gasteiger partial charge in [0.1, 0.15) is 5.01 Å². The summed E-state index contributed by atoms with van der Waals surface area (Å²) in [6.07, 6.45) is 4.48. The fraction of sp³-hybridized carbons (Fsp3) is 0.700. The van der Waals surface area contributed by atoms with Crippen LogP contribution in [0.15, 0.2) is 9.98 Å². The van der Waals surface area contributed by atoms with Crippen molar-refractivity contribution in [1.82, 2.24) is 15.2 Å². The summed E-state index contributed by atoms with van der Waals surface area (Å²) in [4.78, 5) is 6.85. The van der Waals surface area contributed by atoms with Gasteiger partial charge in [-0.3, -0.25) is 4.90 Å². The van der Waals surface area contributed by atoms with Gasteiger partial charge < -0.3 is 5.32 Å². The molecule has 2 heterocycles. The van der Waals surface area contributed by atoms with Gasteiger partial charge in [-0.2, -0.15) is 0 Å². The minimum absolute atomic E-state index is 0. The second kappa shape index (κ2) is 6.91. The van der Waals surface area contributed by atoms with Crippen LogP contribution in [0.25, 0.3) is 0 Å².